The first-order valence-electron chi connectivity index (χ1n) is 7.58. The number of hydrogen-bond acceptors (Lipinski definition) is 4. The first-order chi connectivity index (χ1) is 10.3. The maximum atomic E-state index is 3.65. The summed E-state index contributed by atoms with van der Waals surface area (Å²) in [6.07, 6.45) is 12.1. The van der Waals surface area contributed by atoms with Crippen molar-refractivity contribution in [1.82, 2.24) is 15.1 Å². The molecule has 1 aromatic heterocycles. The first kappa shape index (κ1) is 14.6. The predicted octanol–water partition coefficient (Wildman–Crippen LogP) is 3.12. The van der Waals surface area contributed by atoms with E-state index in [2.05, 4.69) is 77.1 Å². The first-order valence-corrected chi connectivity index (χ1v) is 8.46. The third kappa shape index (κ3) is 2.71. The highest BCUT2D eigenvalue weighted by atomic mass is 32.1. The van der Waals surface area contributed by atoms with E-state index in [9.17, 15) is 0 Å². The molecule has 1 aromatic rings. The highest BCUT2D eigenvalue weighted by Gasteiger charge is 2.37. The second-order valence-electron chi connectivity index (χ2n) is 5.47. The molecule has 0 bridgehead atoms. The second-order valence-corrected chi connectivity index (χ2v) is 6.42. The summed E-state index contributed by atoms with van der Waals surface area (Å²) in [5, 5.41) is 5.81. The van der Waals surface area contributed by atoms with E-state index in [1.165, 1.54) is 10.5 Å². The standard InChI is InChI=1S/C17H23N3S/c1-3-18-17(10-4-5-11-19(17)2)20-12-8-15(9-13-20)16-7-6-14-21-16/h4-8,10-11,14,18H,3,9,12-13H2,1-2H3. The molecular weight excluding hydrogens is 278 g/mol. The van der Waals surface area contributed by atoms with E-state index in [0.29, 0.717) is 0 Å². The number of hydrogen-bond donors (Lipinski definition) is 1. The fraction of sp³-hybridized carbons (Fsp3) is 0.412. The predicted molar refractivity (Wildman–Crippen MR) is 90.9 cm³/mol. The van der Waals surface area contributed by atoms with Crippen LogP contribution in [0.1, 0.15) is 18.2 Å². The van der Waals surface area contributed by atoms with Gasteiger partial charge in [-0.3, -0.25) is 10.2 Å². The molecule has 0 radical (unpaired) electrons. The van der Waals surface area contributed by atoms with Crippen molar-refractivity contribution >= 4 is 16.9 Å². The van der Waals surface area contributed by atoms with Crippen LogP contribution in [-0.4, -0.2) is 42.3 Å². The summed E-state index contributed by atoms with van der Waals surface area (Å²) in [6.45, 7) is 5.15. The third-order valence-corrected chi connectivity index (χ3v) is 5.20. The highest BCUT2D eigenvalue weighted by Crippen LogP contribution is 2.30. The Morgan fingerprint density at radius 3 is 2.90 bits per heavy atom. The molecule has 0 amide bonds. The Labute approximate surface area is 131 Å². The van der Waals surface area contributed by atoms with E-state index < -0.39 is 0 Å². The molecule has 2 aliphatic rings. The Balaban J connectivity index is 1.80. The zero-order chi connectivity index (χ0) is 14.7. The van der Waals surface area contributed by atoms with Crippen LogP contribution in [-0.2, 0) is 0 Å². The second kappa shape index (κ2) is 6.18. The number of nitrogens with zero attached hydrogens (tertiary/aromatic N) is 2. The van der Waals surface area contributed by atoms with Crippen LogP contribution in [0.5, 0.6) is 0 Å². The Morgan fingerprint density at radius 1 is 1.38 bits per heavy atom. The quantitative estimate of drug-likeness (QED) is 0.922. The fourth-order valence-corrected chi connectivity index (χ4v) is 3.95. The van der Waals surface area contributed by atoms with Gasteiger partial charge >= 0.3 is 0 Å². The van der Waals surface area contributed by atoms with Crippen LogP contribution >= 0.6 is 11.3 Å². The number of thiophene rings is 1. The van der Waals surface area contributed by atoms with Gasteiger partial charge in [-0.2, -0.15) is 0 Å². The van der Waals surface area contributed by atoms with Crippen LogP contribution in [0.15, 0.2) is 48.0 Å². The lowest BCUT2D eigenvalue weighted by Gasteiger charge is -2.49. The van der Waals surface area contributed by atoms with E-state index in [1.807, 2.05) is 11.3 Å². The largest absolute Gasteiger partial charge is 0.347 e. The lowest BCUT2D eigenvalue weighted by Crippen LogP contribution is -2.66. The summed E-state index contributed by atoms with van der Waals surface area (Å²) < 4.78 is 0. The molecule has 112 valence electrons. The van der Waals surface area contributed by atoms with Crippen molar-refractivity contribution in [2.45, 2.75) is 19.1 Å². The summed E-state index contributed by atoms with van der Waals surface area (Å²) in [7, 11) is 2.14. The van der Waals surface area contributed by atoms with Gasteiger partial charge in [-0.25, -0.2) is 0 Å². The highest BCUT2D eigenvalue weighted by molar-refractivity contribution is 7.11. The number of rotatable bonds is 4. The Kier molecular flexibility index (Phi) is 4.29. The van der Waals surface area contributed by atoms with Crippen molar-refractivity contribution in [3.8, 4) is 0 Å². The monoisotopic (exact) mass is 301 g/mol. The Morgan fingerprint density at radius 2 is 2.29 bits per heavy atom. The van der Waals surface area contributed by atoms with E-state index >= 15 is 0 Å². The van der Waals surface area contributed by atoms with Crippen molar-refractivity contribution in [2.24, 2.45) is 0 Å². The molecule has 3 heterocycles. The summed E-state index contributed by atoms with van der Waals surface area (Å²) in [5.74, 6) is -0.193. The van der Waals surface area contributed by atoms with Crippen LogP contribution < -0.4 is 5.32 Å². The zero-order valence-electron chi connectivity index (χ0n) is 12.7. The molecule has 21 heavy (non-hydrogen) atoms. The summed E-state index contributed by atoms with van der Waals surface area (Å²) in [6, 6.07) is 4.36. The van der Waals surface area contributed by atoms with Gasteiger partial charge in [0, 0.05) is 31.2 Å². The maximum Gasteiger partial charge on any atom is 0.168 e. The lowest BCUT2D eigenvalue weighted by molar-refractivity contribution is 0.000236. The molecule has 1 unspecified atom stereocenters. The Hall–Kier alpha value is -1.36. The average molecular weight is 301 g/mol. The molecule has 0 aliphatic carbocycles. The van der Waals surface area contributed by atoms with Gasteiger partial charge in [-0.05, 0) is 42.1 Å². The van der Waals surface area contributed by atoms with E-state index in [4.69, 9.17) is 0 Å². The van der Waals surface area contributed by atoms with E-state index in [-0.39, 0.29) is 5.79 Å². The Bertz CT molecular complexity index is 559. The van der Waals surface area contributed by atoms with Crippen molar-refractivity contribution in [3.63, 3.8) is 0 Å². The smallest absolute Gasteiger partial charge is 0.168 e. The molecule has 0 saturated heterocycles. The molecule has 0 fully saturated rings. The minimum atomic E-state index is -0.193. The van der Waals surface area contributed by atoms with Crippen molar-refractivity contribution in [1.29, 1.82) is 0 Å². The van der Waals surface area contributed by atoms with Crippen molar-refractivity contribution in [3.05, 3.63) is 52.9 Å². The van der Waals surface area contributed by atoms with Gasteiger partial charge in [0.25, 0.3) is 0 Å². The lowest BCUT2D eigenvalue weighted by atomic mass is 10.0. The van der Waals surface area contributed by atoms with Gasteiger partial charge in [0.15, 0.2) is 5.79 Å². The zero-order valence-corrected chi connectivity index (χ0v) is 13.6. The van der Waals surface area contributed by atoms with Crippen molar-refractivity contribution < 1.29 is 0 Å². The van der Waals surface area contributed by atoms with Gasteiger partial charge < -0.3 is 4.90 Å². The molecule has 0 saturated carbocycles. The minimum absolute atomic E-state index is 0.193. The van der Waals surface area contributed by atoms with Crippen LogP contribution in [0.3, 0.4) is 0 Å². The van der Waals surface area contributed by atoms with Crippen LogP contribution in [0, 0.1) is 0 Å². The van der Waals surface area contributed by atoms with Gasteiger partial charge in [-0.15, -0.1) is 11.3 Å². The summed E-state index contributed by atoms with van der Waals surface area (Å²) in [5.41, 5.74) is 1.49. The van der Waals surface area contributed by atoms with Gasteiger partial charge in [0.2, 0.25) is 0 Å². The molecule has 0 aromatic carbocycles. The average Bonchev–Trinajstić information content (AvgIpc) is 3.04. The molecule has 3 rings (SSSR count). The van der Waals surface area contributed by atoms with Crippen LogP contribution in [0.4, 0.5) is 0 Å². The van der Waals surface area contributed by atoms with Crippen LogP contribution in [0.25, 0.3) is 5.57 Å². The van der Waals surface area contributed by atoms with E-state index in [1.54, 1.807) is 0 Å². The van der Waals surface area contributed by atoms with Crippen LogP contribution in [0.2, 0.25) is 0 Å². The summed E-state index contributed by atoms with van der Waals surface area (Å²) >= 11 is 1.84. The topological polar surface area (TPSA) is 18.5 Å². The molecule has 3 nitrogen and oxygen atoms in total. The molecule has 2 aliphatic heterocycles. The van der Waals surface area contributed by atoms with Gasteiger partial charge in [0.05, 0.1) is 0 Å². The minimum Gasteiger partial charge on any atom is -0.347 e. The number of allylic oxidation sites excluding steroid dienone is 2. The molecular formula is C17H23N3S. The third-order valence-electron chi connectivity index (χ3n) is 4.25. The molecule has 1 N–H and O–H groups in total. The molecule has 1 atom stereocenters. The van der Waals surface area contributed by atoms with Gasteiger partial charge in [0.1, 0.15) is 0 Å². The maximum absolute atomic E-state index is 3.65. The van der Waals surface area contributed by atoms with Crippen molar-refractivity contribution in [2.75, 3.05) is 26.7 Å². The molecule has 0 spiro atoms. The van der Waals surface area contributed by atoms with Gasteiger partial charge in [-0.1, -0.05) is 25.1 Å². The number of nitrogens with one attached hydrogen (secondary N) is 1. The van der Waals surface area contributed by atoms with E-state index in [0.717, 1.165) is 26.1 Å². The normalized spacial score (nSPS) is 26.2. The fourth-order valence-electron chi connectivity index (χ4n) is 3.15. The SMILES string of the molecule is CCNC1(N2CC=C(c3cccs3)CC2)C=CC=CN1C. The molecule has 4 heteroatoms. The summed E-state index contributed by atoms with van der Waals surface area (Å²) in [4.78, 5) is 6.19. The number of likely N-dealkylation sites (N-methyl/N-ethyl adjacent to an activating group) is 2.